The van der Waals surface area contributed by atoms with Crippen molar-refractivity contribution >= 4 is 33.9 Å². The molecule has 0 saturated carbocycles. The van der Waals surface area contributed by atoms with Gasteiger partial charge < -0.3 is 21.3 Å². The van der Waals surface area contributed by atoms with Gasteiger partial charge in [0.1, 0.15) is 0 Å². The first kappa shape index (κ1) is 16.1. The summed E-state index contributed by atoms with van der Waals surface area (Å²) < 4.78 is 0. The predicted octanol–water partition coefficient (Wildman–Crippen LogP) is 3.09. The molecule has 4 N–H and O–H groups in total. The van der Waals surface area contributed by atoms with Crippen molar-refractivity contribution in [1.29, 1.82) is 0 Å². The summed E-state index contributed by atoms with van der Waals surface area (Å²) in [6.07, 6.45) is 1.90. The van der Waals surface area contributed by atoms with Crippen LogP contribution in [0.4, 0.5) is 21.3 Å². The Morgan fingerprint density at radius 3 is 2.73 bits per heavy atom. The van der Waals surface area contributed by atoms with Crippen molar-refractivity contribution in [3.63, 3.8) is 0 Å². The minimum absolute atomic E-state index is 0.566. The molecule has 1 heterocycles. The number of primary amides is 1. The summed E-state index contributed by atoms with van der Waals surface area (Å²) in [5, 5.41) is 6.93. The first-order valence-corrected chi connectivity index (χ1v) is 8.04. The number of urea groups is 1. The Hall–Kier alpha value is -2.28. The van der Waals surface area contributed by atoms with E-state index < -0.39 is 6.03 Å². The van der Waals surface area contributed by atoms with E-state index in [0.717, 1.165) is 28.8 Å². The zero-order valence-corrected chi connectivity index (χ0v) is 13.6. The lowest BCUT2D eigenvalue weighted by atomic mass is 10.2. The molecule has 0 saturated heterocycles. The highest BCUT2D eigenvalue weighted by molar-refractivity contribution is 7.15. The Kier molecular flexibility index (Phi) is 5.60. The second-order valence-electron chi connectivity index (χ2n) is 4.71. The lowest BCUT2D eigenvalue weighted by molar-refractivity contribution is 0.259. The summed E-state index contributed by atoms with van der Waals surface area (Å²) in [6, 6.07) is 6.88. The fraction of sp³-hybridized carbons (Fsp3) is 0.333. The number of nitrogens with zero attached hydrogens (tertiary/aromatic N) is 2. The van der Waals surface area contributed by atoms with Crippen molar-refractivity contribution in [2.45, 2.75) is 20.4 Å². The number of nitrogens with two attached hydrogens (primary N) is 1. The van der Waals surface area contributed by atoms with Gasteiger partial charge in [-0.25, -0.2) is 9.78 Å². The quantitative estimate of drug-likeness (QED) is 0.732. The van der Waals surface area contributed by atoms with Gasteiger partial charge in [0.15, 0.2) is 5.13 Å². The molecule has 0 unspecified atom stereocenters. The molecule has 2 aromatic rings. The molecule has 1 aromatic carbocycles. The van der Waals surface area contributed by atoms with Gasteiger partial charge in [0.25, 0.3) is 0 Å². The lowest BCUT2D eigenvalue weighted by Crippen LogP contribution is -2.21. The minimum atomic E-state index is -0.566. The number of rotatable bonds is 7. The third kappa shape index (κ3) is 4.36. The molecule has 0 bridgehead atoms. The molecule has 6 nitrogen and oxygen atoms in total. The van der Waals surface area contributed by atoms with E-state index in [1.165, 1.54) is 0 Å². The van der Waals surface area contributed by atoms with Gasteiger partial charge in [0.05, 0.1) is 6.54 Å². The Morgan fingerprint density at radius 2 is 2.05 bits per heavy atom. The predicted molar refractivity (Wildman–Crippen MR) is 92.6 cm³/mol. The number of carbonyl (C=O) groups excluding carboxylic acids is 1. The van der Waals surface area contributed by atoms with E-state index in [1.807, 2.05) is 24.4 Å². The smallest absolute Gasteiger partial charge is 0.316 e. The van der Waals surface area contributed by atoms with Gasteiger partial charge in [-0.05, 0) is 32.0 Å². The lowest BCUT2D eigenvalue weighted by Gasteiger charge is -2.16. The molecular formula is C15H21N5OS. The number of thiazole rings is 1. The van der Waals surface area contributed by atoms with Crippen molar-refractivity contribution in [3.8, 4) is 0 Å². The normalized spacial score (nSPS) is 10.3. The van der Waals surface area contributed by atoms with E-state index in [0.29, 0.717) is 12.2 Å². The number of nitrogens with one attached hydrogen (secondary N) is 2. The second-order valence-corrected chi connectivity index (χ2v) is 5.80. The SMILES string of the molecule is CCN(CC)c1ncc(CNc2cccc(NC(N)=O)c2)s1. The topological polar surface area (TPSA) is 83.3 Å². The van der Waals surface area contributed by atoms with E-state index in [4.69, 9.17) is 5.73 Å². The van der Waals surface area contributed by atoms with Crippen LogP contribution >= 0.6 is 11.3 Å². The molecule has 0 aliphatic rings. The third-order valence-corrected chi connectivity index (χ3v) is 4.23. The third-order valence-electron chi connectivity index (χ3n) is 3.17. The van der Waals surface area contributed by atoms with Crippen molar-refractivity contribution in [1.82, 2.24) is 4.98 Å². The number of aromatic nitrogens is 1. The van der Waals surface area contributed by atoms with Gasteiger partial charge in [-0.1, -0.05) is 6.07 Å². The van der Waals surface area contributed by atoms with Crippen LogP contribution in [0.5, 0.6) is 0 Å². The summed E-state index contributed by atoms with van der Waals surface area (Å²) in [7, 11) is 0. The van der Waals surface area contributed by atoms with E-state index >= 15 is 0 Å². The highest BCUT2D eigenvalue weighted by Gasteiger charge is 2.07. The van der Waals surface area contributed by atoms with Crippen LogP contribution in [0.25, 0.3) is 0 Å². The Bertz CT molecular complexity index is 624. The van der Waals surface area contributed by atoms with Crippen LogP contribution in [0.1, 0.15) is 18.7 Å². The van der Waals surface area contributed by atoms with Gasteiger partial charge >= 0.3 is 6.03 Å². The van der Waals surface area contributed by atoms with E-state index in [2.05, 4.69) is 34.4 Å². The highest BCUT2D eigenvalue weighted by Crippen LogP contribution is 2.23. The van der Waals surface area contributed by atoms with Crippen LogP contribution in [-0.2, 0) is 6.54 Å². The molecule has 0 fully saturated rings. The molecule has 7 heteroatoms. The molecule has 2 rings (SSSR count). The zero-order valence-electron chi connectivity index (χ0n) is 12.8. The first-order chi connectivity index (χ1) is 10.6. The molecular weight excluding hydrogens is 298 g/mol. The number of carbonyl (C=O) groups is 1. The Labute approximate surface area is 134 Å². The molecule has 118 valence electrons. The average molecular weight is 319 g/mol. The average Bonchev–Trinajstić information content (AvgIpc) is 2.95. The summed E-state index contributed by atoms with van der Waals surface area (Å²) >= 11 is 1.69. The van der Waals surface area contributed by atoms with Crippen LogP contribution < -0.4 is 21.3 Å². The van der Waals surface area contributed by atoms with Crippen LogP contribution in [-0.4, -0.2) is 24.1 Å². The highest BCUT2D eigenvalue weighted by atomic mass is 32.1. The second kappa shape index (κ2) is 7.65. The Balaban J connectivity index is 1.97. The monoisotopic (exact) mass is 319 g/mol. The van der Waals surface area contributed by atoms with Gasteiger partial charge in [-0.2, -0.15) is 0 Å². The molecule has 0 radical (unpaired) electrons. The van der Waals surface area contributed by atoms with Crippen LogP contribution in [0, 0.1) is 0 Å². The maximum absolute atomic E-state index is 10.9. The number of amides is 2. The number of hydrogen-bond acceptors (Lipinski definition) is 5. The minimum Gasteiger partial charge on any atom is -0.380 e. The molecule has 2 amide bonds. The van der Waals surface area contributed by atoms with Gasteiger partial charge in [-0.3, -0.25) is 0 Å². The molecule has 22 heavy (non-hydrogen) atoms. The molecule has 1 aromatic heterocycles. The summed E-state index contributed by atoms with van der Waals surface area (Å²) in [6.45, 7) is 6.86. The standard InChI is InChI=1S/C15H21N5OS/c1-3-20(4-2)15-18-10-13(22-15)9-17-11-6-5-7-12(8-11)19-14(16)21/h5-8,10,17H,3-4,9H2,1-2H3,(H3,16,19,21). The summed E-state index contributed by atoms with van der Waals surface area (Å²) in [4.78, 5) is 18.7. The fourth-order valence-electron chi connectivity index (χ4n) is 2.06. The van der Waals surface area contributed by atoms with Crippen molar-refractivity contribution < 1.29 is 4.79 Å². The summed E-state index contributed by atoms with van der Waals surface area (Å²) in [5.41, 5.74) is 6.71. The van der Waals surface area contributed by atoms with Gasteiger partial charge in [0, 0.05) is 35.5 Å². The number of benzene rings is 1. The molecule has 0 aliphatic carbocycles. The molecule has 0 atom stereocenters. The zero-order chi connectivity index (χ0) is 15.9. The van der Waals surface area contributed by atoms with E-state index in [-0.39, 0.29) is 0 Å². The first-order valence-electron chi connectivity index (χ1n) is 7.22. The van der Waals surface area contributed by atoms with Crippen molar-refractivity contribution in [3.05, 3.63) is 35.3 Å². The van der Waals surface area contributed by atoms with E-state index in [1.54, 1.807) is 17.4 Å². The summed E-state index contributed by atoms with van der Waals surface area (Å²) in [5.74, 6) is 0. The maximum Gasteiger partial charge on any atom is 0.316 e. The van der Waals surface area contributed by atoms with Crippen LogP contribution in [0.2, 0.25) is 0 Å². The molecule has 0 spiro atoms. The van der Waals surface area contributed by atoms with Gasteiger partial charge in [0.2, 0.25) is 0 Å². The maximum atomic E-state index is 10.9. The van der Waals surface area contributed by atoms with Crippen LogP contribution in [0.3, 0.4) is 0 Å². The van der Waals surface area contributed by atoms with Crippen molar-refractivity contribution in [2.75, 3.05) is 28.6 Å². The van der Waals surface area contributed by atoms with Gasteiger partial charge in [-0.15, -0.1) is 11.3 Å². The number of anilines is 3. The largest absolute Gasteiger partial charge is 0.380 e. The van der Waals surface area contributed by atoms with Crippen molar-refractivity contribution in [2.24, 2.45) is 5.73 Å². The van der Waals surface area contributed by atoms with E-state index in [9.17, 15) is 4.79 Å². The Morgan fingerprint density at radius 1 is 1.32 bits per heavy atom. The van der Waals surface area contributed by atoms with Crippen LogP contribution in [0.15, 0.2) is 30.5 Å². The number of hydrogen-bond donors (Lipinski definition) is 3. The fourth-order valence-corrected chi connectivity index (χ4v) is 3.03. The molecule has 0 aliphatic heterocycles.